The number of hydrogen-bond acceptors (Lipinski definition) is 5. The van der Waals surface area contributed by atoms with Gasteiger partial charge in [0.05, 0.1) is 10.9 Å². The van der Waals surface area contributed by atoms with Crippen LogP contribution in [0.5, 0.6) is 5.75 Å². The highest BCUT2D eigenvalue weighted by atomic mass is 32.2. The van der Waals surface area contributed by atoms with Crippen molar-refractivity contribution in [1.82, 2.24) is 14.9 Å². The molecule has 0 spiro atoms. The van der Waals surface area contributed by atoms with E-state index in [1.165, 1.54) is 0 Å². The second-order valence-corrected chi connectivity index (χ2v) is 8.24. The van der Waals surface area contributed by atoms with E-state index in [1.807, 2.05) is 19.1 Å². The lowest BCUT2D eigenvalue weighted by atomic mass is 10.1. The molecule has 7 nitrogen and oxygen atoms in total. The van der Waals surface area contributed by atoms with Crippen molar-refractivity contribution in [1.29, 1.82) is 0 Å². The van der Waals surface area contributed by atoms with Crippen molar-refractivity contribution in [3.63, 3.8) is 0 Å². The zero-order valence-corrected chi connectivity index (χ0v) is 16.6. The summed E-state index contributed by atoms with van der Waals surface area (Å²) in [6.45, 7) is 2.51. The van der Waals surface area contributed by atoms with Gasteiger partial charge in [0.2, 0.25) is 5.91 Å². The van der Waals surface area contributed by atoms with Crippen LogP contribution in [0.4, 0.5) is 4.79 Å². The lowest BCUT2D eigenvalue weighted by Crippen LogP contribution is -2.25. The summed E-state index contributed by atoms with van der Waals surface area (Å²) in [7, 11) is -0.935. The van der Waals surface area contributed by atoms with Gasteiger partial charge in [-0.3, -0.25) is 24.3 Å². The number of rotatable bonds is 5. The summed E-state index contributed by atoms with van der Waals surface area (Å²) in [5.41, 5.74) is 1.26. The quantitative estimate of drug-likeness (QED) is 0.655. The highest BCUT2D eigenvalue weighted by Gasteiger charge is 2.35. The third-order valence-corrected chi connectivity index (χ3v) is 6.43. The SMILES string of the molecule is C=S1C(=O)NC(=O)C1c1ccc(OCc2nc3ccccc3c(=O)n2CC)cc1. The normalized spacial score (nSPS) is 18.8. The van der Waals surface area contributed by atoms with Gasteiger partial charge in [-0.1, -0.05) is 40.6 Å². The summed E-state index contributed by atoms with van der Waals surface area (Å²) in [5.74, 6) is 4.59. The molecule has 0 saturated carbocycles. The van der Waals surface area contributed by atoms with Crippen molar-refractivity contribution in [3.05, 3.63) is 70.3 Å². The van der Waals surface area contributed by atoms with Crippen LogP contribution in [-0.4, -0.2) is 26.6 Å². The minimum Gasteiger partial charge on any atom is -0.486 e. The van der Waals surface area contributed by atoms with Gasteiger partial charge in [0.1, 0.15) is 23.4 Å². The third-order valence-electron chi connectivity index (χ3n) is 4.79. The molecule has 3 aromatic rings. The highest BCUT2D eigenvalue weighted by Crippen LogP contribution is 2.39. The fourth-order valence-corrected chi connectivity index (χ4v) is 4.57. The van der Waals surface area contributed by atoms with Crippen LogP contribution in [-0.2, 0) is 17.9 Å². The number of fused-ring (bicyclic) bond motifs is 1. The number of benzene rings is 2. The Morgan fingerprint density at radius 2 is 1.86 bits per heavy atom. The van der Waals surface area contributed by atoms with E-state index in [9.17, 15) is 14.4 Å². The maximum Gasteiger partial charge on any atom is 0.280 e. The van der Waals surface area contributed by atoms with E-state index >= 15 is 0 Å². The van der Waals surface area contributed by atoms with Crippen molar-refractivity contribution in [2.24, 2.45) is 0 Å². The molecule has 1 fully saturated rings. The Labute approximate surface area is 169 Å². The Balaban J connectivity index is 1.55. The average Bonchev–Trinajstić information content (AvgIpc) is 2.98. The summed E-state index contributed by atoms with van der Waals surface area (Å²) in [6.07, 6.45) is 0. The first-order valence-corrected chi connectivity index (χ1v) is 10.5. The summed E-state index contributed by atoms with van der Waals surface area (Å²) in [6, 6.07) is 14.2. The van der Waals surface area contributed by atoms with Gasteiger partial charge in [0, 0.05) is 6.54 Å². The van der Waals surface area contributed by atoms with E-state index in [0.717, 1.165) is 0 Å². The molecule has 1 saturated heterocycles. The van der Waals surface area contributed by atoms with Gasteiger partial charge in [0.15, 0.2) is 0 Å². The van der Waals surface area contributed by atoms with Gasteiger partial charge < -0.3 is 4.74 Å². The summed E-state index contributed by atoms with van der Waals surface area (Å²) < 4.78 is 7.42. The van der Waals surface area contributed by atoms with Crippen LogP contribution in [0.25, 0.3) is 10.9 Å². The number of hydrogen-bond donors (Lipinski definition) is 1. The van der Waals surface area contributed by atoms with Crippen LogP contribution >= 0.6 is 10.5 Å². The van der Waals surface area contributed by atoms with Crippen LogP contribution in [0, 0.1) is 0 Å². The van der Waals surface area contributed by atoms with Gasteiger partial charge in [-0.25, -0.2) is 4.98 Å². The number of nitrogens with one attached hydrogen (secondary N) is 1. The first-order valence-electron chi connectivity index (χ1n) is 9.08. The summed E-state index contributed by atoms with van der Waals surface area (Å²) in [4.78, 5) is 40.8. The molecule has 0 bridgehead atoms. The predicted molar refractivity (Wildman–Crippen MR) is 113 cm³/mol. The molecule has 2 atom stereocenters. The fourth-order valence-electron chi connectivity index (χ4n) is 3.32. The first kappa shape index (κ1) is 19.1. The number of aromatic nitrogens is 2. The maximum atomic E-state index is 12.7. The van der Waals surface area contributed by atoms with Crippen molar-refractivity contribution < 1.29 is 14.3 Å². The number of ether oxygens (including phenoxy) is 1. The van der Waals surface area contributed by atoms with Crippen molar-refractivity contribution in [2.75, 3.05) is 0 Å². The van der Waals surface area contributed by atoms with Crippen molar-refractivity contribution >= 4 is 38.4 Å². The molecule has 8 heteroatoms. The minimum atomic E-state index is -0.935. The number of carbonyl (C=O) groups is 2. The Hall–Kier alpha value is -3.26. The topological polar surface area (TPSA) is 90.3 Å². The lowest BCUT2D eigenvalue weighted by Gasteiger charge is -2.13. The van der Waals surface area contributed by atoms with Crippen LogP contribution in [0.3, 0.4) is 0 Å². The number of nitrogens with zero attached hydrogens (tertiary/aromatic N) is 2. The molecule has 0 radical (unpaired) electrons. The molecule has 0 aliphatic carbocycles. The molecule has 148 valence electrons. The fraction of sp³-hybridized carbons (Fsp3) is 0.190. The van der Waals surface area contributed by atoms with E-state index in [1.54, 1.807) is 41.0 Å². The van der Waals surface area contributed by atoms with Gasteiger partial charge in [-0.05, 0) is 36.8 Å². The zero-order chi connectivity index (χ0) is 20.5. The monoisotopic (exact) mass is 409 g/mol. The second kappa shape index (κ2) is 7.63. The van der Waals surface area contributed by atoms with Crippen molar-refractivity contribution in [2.45, 2.75) is 25.3 Å². The van der Waals surface area contributed by atoms with E-state index in [2.05, 4.69) is 16.2 Å². The molecule has 2 amide bonds. The summed E-state index contributed by atoms with van der Waals surface area (Å²) >= 11 is 0. The molecule has 2 aromatic carbocycles. The molecule has 1 aliphatic heterocycles. The molecule has 1 aliphatic rings. The molecule has 4 rings (SSSR count). The highest BCUT2D eigenvalue weighted by molar-refractivity contribution is 8.28. The third kappa shape index (κ3) is 3.47. The Kier molecular flexibility index (Phi) is 5.02. The van der Waals surface area contributed by atoms with Crippen molar-refractivity contribution in [3.8, 4) is 5.75 Å². The molecule has 1 N–H and O–H groups in total. The van der Waals surface area contributed by atoms with Gasteiger partial charge in [-0.15, -0.1) is 0 Å². The molecule has 2 unspecified atom stereocenters. The number of amides is 2. The number of carbonyl (C=O) groups excluding carboxylic acids is 2. The number of para-hydroxylation sites is 1. The van der Waals surface area contributed by atoms with E-state index in [4.69, 9.17) is 4.74 Å². The van der Waals surface area contributed by atoms with Crippen LogP contribution in [0.15, 0.2) is 53.3 Å². The first-order chi connectivity index (χ1) is 14.0. The number of imide groups is 1. The smallest absolute Gasteiger partial charge is 0.280 e. The van der Waals surface area contributed by atoms with Gasteiger partial charge in [-0.2, -0.15) is 0 Å². The molecule has 2 heterocycles. The van der Waals surface area contributed by atoms with Crippen LogP contribution in [0.1, 0.15) is 23.6 Å². The van der Waals surface area contributed by atoms with Gasteiger partial charge in [0.25, 0.3) is 10.8 Å². The molecular weight excluding hydrogens is 390 g/mol. The van der Waals surface area contributed by atoms with Crippen LogP contribution in [0.2, 0.25) is 0 Å². The lowest BCUT2D eigenvalue weighted by molar-refractivity contribution is -0.119. The Bertz CT molecular complexity index is 1200. The van der Waals surface area contributed by atoms with E-state index < -0.39 is 15.7 Å². The molecule has 1 aromatic heterocycles. The van der Waals surface area contributed by atoms with E-state index in [0.29, 0.717) is 34.6 Å². The standard InChI is InChI=1S/C21H19N3O4S/c1-3-24-17(22-16-7-5-4-6-15(16)20(24)26)12-28-14-10-8-13(9-11-14)18-19(25)23-21(27)29(18)2/h4-11,18H,2-3,12H2,1H3,(H,23,25,27). The summed E-state index contributed by atoms with van der Waals surface area (Å²) in [5, 5.41) is 1.99. The van der Waals surface area contributed by atoms with Gasteiger partial charge >= 0.3 is 0 Å². The Morgan fingerprint density at radius 1 is 1.14 bits per heavy atom. The Morgan fingerprint density at radius 3 is 2.52 bits per heavy atom. The molecular formula is C21H19N3O4S. The maximum absolute atomic E-state index is 12.7. The zero-order valence-electron chi connectivity index (χ0n) is 15.8. The second-order valence-electron chi connectivity index (χ2n) is 6.54. The van der Waals surface area contributed by atoms with Crippen LogP contribution < -0.4 is 15.6 Å². The largest absolute Gasteiger partial charge is 0.486 e. The molecule has 29 heavy (non-hydrogen) atoms. The van der Waals surface area contributed by atoms with E-state index in [-0.39, 0.29) is 23.3 Å². The average molecular weight is 409 g/mol. The predicted octanol–water partition coefficient (Wildman–Crippen LogP) is 2.99. The minimum absolute atomic E-state index is 0.0913.